The van der Waals surface area contributed by atoms with Gasteiger partial charge in [-0.2, -0.15) is 0 Å². The fourth-order valence-corrected chi connectivity index (χ4v) is 3.66. The summed E-state index contributed by atoms with van der Waals surface area (Å²) in [5.74, 6) is -0.840. The number of hydrogen-bond donors (Lipinski definition) is 1. The third-order valence-corrected chi connectivity index (χ3v) is 5.11. The summed E-state index contributed by atoms with van der Waals surface area (Å²) in [5, 5.41) is 11.4. The molecular formula is C24H20ClNO5. The maximum atomic E-state index is 13.0. The smallest absolute Gasteiger partial charge is 0.300 e. The highest BCUT2D eigenvalue weighted by atomic mass is 35.5. The van der Waals surface area contributed by atoms with Crippen LogP contribution in [0.2, 0.25) is 5.02 Å². The zero-order valence-corrected chi connectivity index (χ0v) is 17.7. The Balaban J connectivity index is 1.82. The van der Waals surface area contributed by atoms with Crippen molar-refractivity contribution < 1.29 is 23.8 Å². The lowest BCUT2D eigenvalue weighted by molar-refractivity contribution is -0.132. The number of aliphatic hydroxyl groups excluding tert-OH is 1. The molecule has 31 heavy (non-hydrogen) atoms. The van der Waals surface area contributed by atoms with Crippen LogP contribution in [0.1, 0.15) is 31.2 Å². The number of Topliss-reactive ketones (excluding diaryl/α,β-unsaturated/α-hetero) is 1. The lowest BCUT2D eigenvalue weighted by Crippen LogP contribution is -2.29. The van der Waals surface area contributed by atoms with Crippen LogP contribution in [0, 0.1) is 0 Å². The van der Waals surface area contributed by atoms with Gasteiger partial charge >= 0.3 is 0 Å². The number of carbonyl (C=O) groups excluding carboxylic acids is 2. The minimum Gasteiger partial charge on any atom is -0.507 e. The molecule has 1 amide bonds. The largest absolute Gasteiger partial charge is 0.507 e. The molecule has 2 heterocycles. The molecule has 1 saturated heterocycles. The molecule has 0 aliphatic carbocycles. The van der Waals surface area contributed by atoms with Gasteiger partial charge in [0.05, 0.1) is 17.9 Å². The van der Waals surface area contributed by atoms with E-state index in [0.717, 1.165) is 0 Å². The predicted octanol–water partition coefficient (Wildman–Crippen LogP) is 5.35. The van der Waals surface area contributed by atoms with E-state index >= 15 is 0 Å². The lowest BCUT2D eigenvalue weighted by Gasteiger charge is -2.23. The normalized spacial score (nSPS) is 18.1. The quantitative estimate of drug-likeness (QED) is 0.331. The minimum atomic E-state index is -0.914. The number of ether oxygens (including phenoxy) is 1. The second-order valence-electron chi connectivity index (χ2n) is 7.35. The van der Waals surface area contributed by atoms with E-state index in [0.29, 0.717) is 27.8 Å². The predicted molar refractivity (Wildman–Crippen MR) is 117 cm³/mol. The van der Waals surface area contributed by atoms with E-state index in [1.54, 1.807) is 60.7 Å². The highest BCUT2D eigenvalue weighted by Gasteiger charge is 2.48. The SMILES string of the molecule is CC(C)Oc1ccc(N2C(=O)C(=O)/C(=C(\O)c3ccc(Cl)cc3)C2c2ccco2)cc1. The fraction of sp³-hybridized carbons (Fsp3) is 0.167. The van der Waals surface area contributed by atoms with Gasteiger partial charge in [0.1, 0.15) is 23.3 Å². The van der Waals surface area contributed by atoms with Crippen LogP contribution in [0.15, 0.2) is 76.9 Å². The molecule has 1 aromatic heterocycles. The third-order valence-electron chi connectivity index (χ3n) is 4.86. The van der Waals surface area contributed by atoms with Gasteiger partial charge in [0.2, 0.25) is 0 Å². The number of benzene rings is 2. The van der Waals surface area contributed by atoms with Crippen molar-refractivity contribution in [2.24, 2.45) is 0 Å². The summed E-state index contributed by atoms with van der Waals surface area (Å²) in [4.78, 5) is 27.3. The molecule has 4 rings (SSSR count). The molecule has 6 nitrogen and oxygen atoms in total. The molecule has 3 aromatic rings. The van der Waals surface area contributed by atoms with E-state index in [9.17, 15) is 14.7 Å². The van der Waals surface area contributed by atoms with Crippen LogP contribution in [-0.2, 0) is 9.59 Å². The van der Waals surface area contributed by atoms with Crippen LogP contribution in [0.3, 0.4) is 0 Å². The van der Waals surface area contributed by atoms with Crippen LogP contribution in [0.4, 0.5) is 5.69 Å². The number of ketones is 1. The Morgan fingerprint density at radius 2 is 1.74 bits per heavy atom. The van der Waals surface area contributed by atoms with Gasteiger partial charge in [0, 0.05) is 16.3 Å². The summed E-state index contributed by atoms with van der Waals surface area (Å²) >= 11 is 5.93. The number of carbonyl (C=O) groups is 2. The Kier molecular flexibility index (Phi) is 5.57. The zero-order valence-electron chi connectivity index (χ0n) is 16.9. The minimum absolute atomic E-state index is 0.00238. The highest BCUT2D eigenvalue weighted by Crippen LogP contribution is 2.42. The van der Waals surface area contributed by atoms with Crippen molar-refractivity contribution in [3.8, 4) is 5.75 Å². The topological polar surface area (TPSA) is 80.0 Å². The second-order valence-corrected chi connectivity index (χ2v) is 7.79. The van der Waals surface area contributed by atoms with E-state index in [4.69, 9.17) is 20.8 Å². The molecule has 7 heteroatoms. The van der Waals surface area contributed by atoms with Crippen molar-refractivity contribution in [3.63, 3.8) is 0 Å². The van der Waals surface area contributed by atoms with Gasteiger partial charge in [0.15, 0.2) is 0 Å². The highest BCUT2D eigenvalue weighted by molar-refractivity contribution is 6.51. The standard InChI is InChI=1S/C24H20ClNO5/c1-14(2)31-18-11-9-17(10-12-18)26-21(19-4-3-13-30-19)20(23(28)24(26)29)22(27)15-5-7-16(25)8-6-15/h3-14,21,27H,1-2H3/b22-20-. The van der Waals surface area contributed by atoms with Gasteiger partial charge in [-0.15, -0.1) is 0 Å². The number of halogens is 1. The molecule has 0 bridgehead atoms. The van der Waals surface area contributed by atoms with Gasteiger partial charge in [-0.3, -0.25) is 14.5 Å². The van der Waals surface area contributed by atoms with Crippen molar-refractivity contribution in [2.45, 2.75) is 26.0 Å². The van der Waals surface area contributed by atoms with Gasteiger partial charge in [-0.25, -0.2) is 0 Å². The maximum absolute atomic E-state index is 13.0. The van der Waals surface area contributed by atoms with Gasteiger partial charge in [-0.05, 0) is 74.5 Å². The third kappa shape index (κ3) is 3.94. The first kappa shape index (κ1) is 20.8. The Hall–Kier alpha value is -3.51. The van der Waals surface area contributed by atoms with Crippen molar-refractivity contribution in [2.75, 3.05) is 4.90 Å². The van der Waals surface area contributed by atoms with Gasteiger partial charge < -0.3 is 14.3 Å². The van der Waals surface area contributed by atoms with E-state index < -0.39 is 17.7 Å². The zero-order chi connectivity index (χ0) is 22.1. The number of aliphatic hydroxyl groups is 1. The van der Waals surface area contributed by atoms with Crippen LogP contribution in [0.25, 0.3) is 5.76 Å². The van der Waals surface area contributed by atoms with E-state index in [1.807, 2.05) is 13.8 Å². The molecule has 1 N–H and O–H groups in total. The number of hydrogen-bond acceptors (Lipinski definition) is 5. The van der Waals surface area contributed by atoms with E-state index in [1.165, 1.54) is 11.2 Å². The molecule has 0 radical (unpaired) electrons. The fourth-order valence-electron chi connectivity index (χ4n) is 3.54. The van der Waals surface area contributed by atoms with Crippen molar-refractivity contribution >= 4 is 34.7 Å². The van der Waals surface area contributed by atoms with Crippen molar-refractivity contribution in [1.29, 1.82) is 0 Å². The lowest BCUT2D eigenvalue weighted by atomic mass is 9.99. The van der Waals surface area contributed by atoms with Gasteiger partial charge in [0.25, 0.3) is 11.7 Å². The molecule has 1 aliphatic rings. The number of amides is 1. The average Bonchev–Trinajstić information content (AvgIpc) is 3.36. The average molecular weight is 438 g/mol. The molecule has 1 unspecified atom stereocenters. The Morgan fingerprint density at radius 3 is 2.32 bits per heavy atom. The first-order chi connectivity index (χ1) is 14.9. The number of furan rings is 1. The van der Waals surface area contributed by atoms with Gasteiger partial charge in [-0.1, -0.05) is 11.6 Å². The number of nitrogens with zero attached hydrogens (tertiary/aromatic N) is 1. The summed E-state index contributed by atoms with van der Waals surface area (Å²) < 4.78 is 11.2. The summed E-state index contributed by atoms with van der Waals surface area (Å²) in [6.07, 6.45) is 1.46. The molecular weight excluding hydrogens is 418 g/mol. The van der Waals surface area contributed by atoms with Crippen molar-refractivity contribution in [1.82, 2.24) is 0 Å². The monoisotopic (exact) mass is 437 g/mol. The molecule has 2 aromatic carbocycles. The summed E-state index contributed by atoms with van der Waals surface area (Å²) in [7, 11) is 0. The number of rotatable bonds is 5. The van der Waals surface area contributed by atoms with Crippen LogP contribution in [0.5, 0.6) is 5.75 Å². The van der Waals surface area contributed by atoms with E-state index in [2.05, 4.69) is 0 Å². The number of anilines is 1. The second kappa shape index (κ2) is 8.32. The maximum Gasteiger partial charge on any atom is 0.300 e. The van der Waals surface area contributed by atoms with Crippen LogP contribution in [-0.4, -0.2) is 22.9 Å². The van der Waals surface area contributed by atoms with Crippen molar-refractivity contribution in [3.05, 3.63) is 88.8 Å². The molecule has 1 fully saturated rings. The Bertz CT molecular complexity index is 1130. The first-order valence-corrected chi connectivity index (χ1v) is 10.1. The Morgan fingerprint density at radius 1 is 1.06 bits per heavy atom. The summed E-state index contributed by atoms with van der Waals surface area (Å²) in [6, 6.07) is 15.6. The molecule has 0 saturated carbocycles. The molecule has 1 atom stereocenters. The molecule has 1 aliphatic heterocycles. The molecule has 158 valence electrons. The van der Waals surface area contributed by atoms with Crippen LogP contribution >= 0.6 is 11.6 Å². The van der Waals surface area contributed by atoms with Crippen LogP contribution < -0.4 is 9.64 Å². The summed E-state index contributed by atoms with van der Waals surface area (Å²) in [6.45, 7) is 3.83. The Labute approximate surface area is 184 Å². The van der Waals surface area contributed by atoms with E-state index in [-0.39, 0.29) is 17.4 Å². The summed E-state index contributed by atoms with van der Waals surface area (Å²) in [5.41, 5.74) is 0.805. The first-order valence-electron chi connectivity index (χ1n) is 9.74. The molecule has 0 spiro atoms.